The number of morpholine rings is 1. The molecule has 1 aromatic carbocycles. The number of nitrogens with one attached hydrogen (secondary N) is 1. The predicted octanol–water partition coefficient (Wildman–Crippen LogP) is 2.16. The lowest BCUT2D eigenvalue weighted by Gasteiger charge is -2.35. The molecular formula is C20H30N2O4. The van der Waals surface area contributed by atoms with Gasteiger partial charge in [0.25, 0.3) is 0 Å². The van der Waals surface area contributed by atoms with Gasteiger partial charge in [-0.05, 0) is 44.9 Å². The van der Waals surface area contributed by atoms with Crippen LogP contribution in [-0.2, 0) is 20.7 Å². The van der Waals surface area contributed by atoms with Crippen molar-refractivity contribution in [3.05, 3.63) is 29.8 Å². The Kier molecular flexibility index (Phi) is 7.91. The Morgan fingerprint density at radius 2 is 1.81 bits per heavy atom. The summed E-state index contributed by atoms with van der Waals surface area (Å²) in [7, 11) is 0. The molecule has 0 aromatic heterocycles. The van der Waals surface area contributed by atoms with Crippen LogP contribution in [0.5, 0.6) is 5.75 Å². The van der Waals surface area contributed by atoms with Crippen molar-refractivity contribution in [2.45, 2.75) is 52.2 Å². The minimum absolute atomic E-state index is 0.0320. The summed E-state index contributed by atoms with van der Waals surface area (Å²) >= 11 is 0. The maximum absolute atomic E-state index is 12.2. The van der Waals surface area contributed by atoms with Crippen LogP contribution in [0.25, 0.3) is 0 Å². The molecule has 1 heterocycles. The number of nitrogens with zero attached hydrogens (tertiary/aromatic N) is 1. The lowest BCUT2D eigenvalue weighted by Crippen LogP contribution is -2.48. The fraction of sp³-hybridized carbons (Fsp3) is 0.600. The molecule has 2 rings (SSSR count). The molecule has 0 spiro atoms. The van der Waals surface area contributed by atoms with Gasteiger partial charge in [-0.15, -0.1) is 0 Å². The smallest absolute Gasteiger partial charge is 0.224 e. The van der Waals surface area contributed by atoms with E-state index in [1.807, 2.05) is 49.9 Å². The summed E-state index contributed by atoms with van der Waals surface area (Å²) < 4.78 is 11.0. The van der Waals surface area contributed by atoms with Crippen molar-refractivity contribution < 1.29 is 19.1 Å². The summed E-state index contributed by atoms with van der Waals surface area (Å²) in [5, 5.41) is 2.83. The zero-order valence-corrected chi connectivity index (χ0v) is 16.0. The largest absolute Gasteiger partial charge is 0.494 e. The second kappa shape index (κ2) is 10.2. The Balaban J connectivity index is 1.64. The van der Waals surface area contributed by atoms with E-state index in [9.17, 15) is 9.59 Å². The number of carbonyl (C=O) groups is 2. The summed E-state index contributed by atoms with van der Waals surface area (Å²) in [5.74, 6) is 0.875. The molecule has 1 aliphatic rings. The molecule has 0 unspecified atom stereocenters. The molecule has 1 N–H and O–H groups in total. The highest BCUT2D eigenvalue weighted by Gasteiger charge is 2.25. The summed E-state index contributed by atoms with van der Waals surface area (Å²) in [4.78, 5) is 26.0. The highest BCUT2D eigenvalue weighted by molar-refractivity contribution is 5.79. The Morgan fingerprint density at radius 1 is 1.15 bits per heavy atom. The van der Waals surface area contributed by atoms with Gasteiger partial charge in [0, 0.05) is 32.5 Å². The number of hydrogen-bond acceptors (Lipinski definition) is 4. The average Bonchev–Trinajstić information content (AvgIpc) is 2.60. The second-order valence-corrected chi connectivity index (χ2v) is 6.73. The Bertz CT molecular complexity index is 578. The van der Waals surface area contributed by atoms with Crippen LogP contribution >= 0.6 is 0 Å². The topological polar surface area (TPSA) is 67.9 Å². The molecule has 1 aromatic rings. The van der Waals surface area contributed by atoms with Crippen molar-refractivity contribution in [1.82, 2.24) is 10.2 Å². The third-order valence-electron chi connectivity index (χ3n) is 4.31. The van der Waals surface area contributed by atoms with Crippen LogP contribution in [0.3, 0.4) is 0 Å². The molecule has 1 fully saturated rings. The number of aryl methyl sites for hydroxylation is 1. The molecule has 6 nitrogen and oxygen atoms in total. The first-order chi connectivity index (χ1) is 12.5. The van der Waals surface area contributed by atoms with E-state index in [1.165, 1.54) is 0 Å². The van der Waals surface area contributed by atoms with E-state index in [0.717, 1.165) is 11.3 Å². The van der Waals surface area contributed by atoms with E-state index in [4.69, 9.17) is 9.47 Å². The zero-order valence-electron chi connectivity index (χ0n) is 16.0. The van der Waals surface area contributed by atoms with Crippen LogP contribution in [0, 0.1) is 0 Å². The summed E-state index contributed by atoms with van der Waals surface area (Å²) in [6.07, 6.45) is 1.53. The quantitative estimate of drug-likeness (QED) is 0.769. The maximum Gasteiger partial charge on any atom is 0.224 e. The Labute approximate surface area is 155 Å². The van der Waals surface area contributed by atoms with Crippen LogP contribution in [0.1, 0.15) is 39.2 Å². The standard InChI is InChI=1S/C20H30N2O4/c1-4-25-18-8-5-17(6-9-18)7-10-19(23)21-12-11-20(24)22-13-15(2)26-16(3)14-22/h5-6,8-9,15-16H,4,7,10-14H2,1-3H3,(H,21,23)/t15-,16-/m1/s1. The number of amides is 2. The molecule has 144 valence electrons. The van der Waals surface area contributed by atoms with E-state index in [2.05, 4.69) is 5.32 Å². The maximum atomic E-state index is 12.2. The summed E-state index contributed by atoms with van der Waals surface area (Å²) in [5.41, 5.74) is 1.09. The number of benzene rings is 1. The van der Waals surface area contributed by atoms with E-state index in [0.29, 0.717) is 45.5 Å². The van der Waals surface area contributed by atoms with E-state index < -0.39 is 0 Å². The van der Waals surface area contributed by atoms with Gasteiger partial charge in [-0.2, -0.15) is 0 Å². The minimum Gasteiger partial charge on any atom is -0.494 e. The van der Waals surface area contributed by atoms with Crippen LogP contribution in [0.2, 0.25) is 0 Å². The van der Waals surface area contributed by atoms with E-state index in [-0.39, 0.29) is 24.0 Å². The van der Waals surface area contributed by atoms with Gasteiger partial charge in [0.1, 0.15) is 5.75 Å². The highest BCUT2D eigenvalue weighted by Crippen LogP contribution is 2.13. The molecule has 0 saturated carbocycles. The lowest BCUT2D eigenvalue weighted by molar-refractivity contribution is -0.143. The first-order valence-electron chi connectivity index (χ1n) is 9.39. The Morgan fingerprint density at radius 3 is 2.42 bits per heavy atom. The summed E-state index contributed by atoms with van der Waals surface area (Å²) in [6.45, 7) is 8.15. The number of carbonyl (C=O) groups excluding carboxylic acids is 2. The molecule has 0 radical (unpaired) electrons. The van der Waals surface area contributed by atoms with Crippen molar-refractivity contribution in [3.63, 3.8) is 0 Å². The molecule has 1 aliphatic heterocycles. The van der Waals surface area contributed by atoms with Crippen molar-refractivity contribution in [1.29, 1.82) is 0 Å². The van der Waals surface area contributed by atoms with E-state index in [1.54, 1.807) is 0 Å². The number of rotatable bonds is 8. The minimum atomic E-state index is -0.0320. The molecule has 0 bridgehead atoms. The zero-order chi connectivity index (χ0) is 18.9. The van der Waals surface area contributed by atoms with Crippen LogP contribution in [0.15, 0.2) is 24.3 Å². The third-order valence-corrected chi connectivity index (χ3v) is 4.31. The van der Waals surface area contributed by atoms with Gasteiger partial charge >= 0.3 is 0 Å². The molecule has 6 heteroatoms. The van der Waals surface area contributed by atoms with Crippen molar-refractivity contribution in [2.24, 2.45) is 0 Å². The average molecular weight is 362 g/mol. The van der Waals surface area contributed by atoms with Crippen molar-refractivity contribution >= 4 is 11.8 Å². The van der Waals surface area contributed by atoms with E-state index >= 15 is 0 Å². The fourth-order valence-electron chi connectivity index (χ4n) is 3.11. The van der Waals surface area contributed by atoms with Gasteiger partial charge in [-0.25, -0.2) is 0 Å². The molecular weight excluding hydrogens is 332 g/mol. The monoisotopic (exact) mass is 362 g/mol. The SMILES string of the molecule is CCOc1ccc(CCC(=O)NCCC(=O)N2C[C@@H](C)O[C@H](C)C2)cc1. The normalized spacial score (nSPS) is 19.9. The first kappa shape index (κ1) is 20.2. The van der Waals surface area contributed by atoms with Crippen molar-refractivity contribution in [2.75, 3.05) is 26.2 Å². The van der Waals surface area contributed by atoms with Gasteiger partial charge < -0.3 is 19.7 Å². The van der Waals surface area contributed by atoms with Gasteiger partial charge in [-0.3, -0.25) is 9.59 Å². The second-order valence-electron chi connectivity index (χ2n) is 6.73. The van der Waals surface area contributed by atoms with Crippen LogP contribution in [0.4, 0.5) is 0 Å². The summed E-state index contributed by atoms with van der Waals surface area (Å²) in [6, 6.07) is 7.78. The lowest BCUT2D eigenvalue weighted by atomic mass is 10.1. The van der Waals surface area contributed by atoms with Crippen LogP contribution < -0.4 is 10.1 Å². The predicted molar refractivity (Wildman–Crippen MR) is 100 cm³/mol. The molecule has 1 saturated heterocycles. The van der Waals surface area contributed by atoms with Gasteiger partial charge in [0.15, 0.2) is 0 Å². The number of hydrogen-bond donors (Lipinski definition) is 1. The molecule has 26 heavy (non-hydrogen) atoms. The fourth-order valence-corrected chi connectivity index (χ4v) is 3.11. The van der Waals surface area contributed by atoms with Crippen molar-refractivity contribution in [3.8, 4) is 5.75 Å². The molecule has 2 amide bonds. The van der Waals surface area contributed by atoms with Crippen LogP contribution in [-0.4, -0.2) is 55.2 Å². The molecule has 0 aliphatic carbocycles. The number of ether oxygens (including phenoxy) is 2. The molecule has 2 atom stereocenters. The van der Waals surface area contributed by atoms with Gasteiger partial charge in [0.05, 0.1) is 18.8 Å². The highest BCUT2D eigenvalue weighted by atomic mass is 16.5. The Hall–Kier alpha value is -2.08. The first-order valence-corrected chi connectivity index (χ1v) is 9.39. The van der Waals surface area contributed by atoms with Gasteiger partial charge in [-0.1, -0.05) is 12.1 Å². The van der Waals surface area contributed by atoms with Gasteiger partial charge in [0.2, 0.25) is 11.8 Å². The third kappa shape index (κ3) is 6.67.